The molecule has 5 N–H and O–H groups in total. The molecular formula is C17H27NO8. The van der Waals surface area contributed by atoms with Gasteiger partial charge >= 0.3 is 5.97 Å². The van der Waals surface area contributed by atoms with Crippen molar-refractivity contribution < 1.29 is 39.5 Å². The van der Waals surface area contributed by atoms with Crippen LogP contribution in [0.3, 0.4) is 0 Å². The van der Waals surface area contributed by atoms with Crippen LogP contribution in [0.5, 0.6) is 0 Å². The molecule has 9 nitrogen and oxygen atoms in total. The Morgan fingerprint density at radius 3 is 2.65 bits per heavy atom. The lowest BCUT2D eigenvalue weighted by molar-refractivity contribution is -0.151. The molecule has 0 fully saturated rings. The second kappa shape index (κ2) is 10.9. The maximum absolute atomic E-state index is 11.5. The van der Waals surface area contributed by atoms with Crippen LogP contribution in [0.2, 0.25) is 0 Å². The fourth-order valence-corrected chi connectivity index (χ4v) is 2.59. The van der Waals surface area contributed by atoms with Crippen LogP contribution < -0.4 is 5.32 Å². The maximum atomic E-state index is 11.5. The van der Waals surface area contributed by atoms with E-state index in [9.17, 15) is 24.9 Å². The van der Waals surface area contributed by atoms with Gasteiger partial charge in [-0.2, -0.15) is 0 Å². The Balaban J connectivity index is 3.01. The number of rotatable bonds is 11. The summed E-state index contributed by atoms with van der Waals surface area (Å²) >= 11 is 0. The number of ether oxygens (including phenoxy) is 2. The number of hydrogen-bond acceptors (Lipinski definition) is 7. The Bertz CT molecular complexity index is 521. The number of carbonyl (C=O) groups is 2. The number of carboxylic acids is 1. The van der Waals surface area contributed by atoms with E-state index in [-0.39, 0.29) is 0 Å². The van der Waals surface area contributed by atoms with Crippen LogP contribution >= 0.6 is 0 Å². The Morgan fingerprint density at radius 2 is 2.12 bits per heavy atom. The molecule has 9 heteroatoms. The minimum atomic E-state index is -1.63. The first-order valence-electron chi connectivity index (χ1n) is 8.40. The molecule has 1 aliphatic rings. The van der Waals surface area contributed by atoms with Crippen molar-refractivity contribution in [2.45, 2.75) is 56.6 Å². The Labute approximate surface area is 151 Å². The van der Waals surface area contributed by atoms with Crippen molar-refractivity contribution in [3.8, 4) is 0 Å². The fourth-order valence-electron chi connectivity index (χ4n) is 2.59. The van der Waals surface area contributed by atoms with Gasteiger partial charge in [-0.05, 0) is 25.3 Å². The summed E-state index contributed by atoms with van der Waals surface area (Å²) in [4.78, 5) is 22.8. The number of carboxylic acid groups (broad SMARTS) is 1. The van der Waals surface area contributed by atoms with E-state index in [1.807, 2.05) is 0 Å². The van der Waals surface area contributed by atoms with Gasteiger partial charge in [-0.25, -0.2) is 4.79 Å². The molecular weight excluding hydrogens is 346 g/mol. The second-order valence-corrected chi connectivity index (χ2v) is 6.01. The molecule has 1 rings (SSSR count). The van der Waals surface area contributed by atoms with Crippen LogP contribution in [-0.4, -0.2) is 76.0 Å². The number of nitrogens with one attached hydrogen (secondary N) is 1. The van der Waals surface area contributed by atoms with Gasteiger partial charge in [0, 0.05) is 13.5 Å². The molecule has 0 bridgehead atoms. The molecule has 0 aromatic rings. The quantitative estimate of drug-likeness (QED) is 0.236. The molecule has 1 amide bonds. The van der Waals surface area contributed by atoms with Gasteiger partial charge in [0.15, 0.2) is 6.10 Å². The molecule has 1 heterocycles. The molecule has 0 saturated heterocycles. The summed E-state index contributed by atoms with van der Waals surface area (Å²) in [5.74, 6) is -2.28. The third kappa shape index (κ3) is 6.41. The van der Waals surface area contributed by atoms with E-state index < -0.39 is 54.7 Å². The zero-order valence-corrected chi connectivity index (χ0v) is 14.7. The van der Waals surface area contributed by atoms with Gasteiger partial charge in [-0.3, -0.25) is 4.79 Å². The van der Waals surface area contributed by atoms with Crippen molar-refractivity contribution >= 4 is 11.9 Å². The Kier molecular flexibility index (Phi) is 9.28. The minimum Gasteiger partial charge on any atom is -0.478 e. The highest BCUT2D eigenvalue weighted by atomic mass is 16.5. The van der Waals surface area contributed by atoms with Gasteiger partial charge in [0.05, 0.1) is 12.6 Å². The van der Waals surface area contributed by atoms with Gasteiger partial charge in [0.25, 0.3) is 0 Å². The van der Waals surface area contributed by atoms with E-state index in [2.05, 4.69) is 11.9 Å². The maximum Gasteiger partial charge on any atom is 0.370 e. The van der Waals surface area contributed by atoms with E-state index >= 15 is 0 Å². The number of aliphatic hydroxyl groups is 3. The van der Waals surface area contributed by atoms with E-state index in [1.54, 1.807) is 6.08 Å². The largest absolute Gasteiger partial charge is 0.478 e. The zero-order chi connectivity index (χ0) is 19.7. The minimum absolute atomic E-state index is 0.295. The number of carbonyl (C=O) groups excluding carboxylic acids is 1. The summed E-state index contributed by atoms with van der Waals surface area (Å²) in [6.45, 7) is 4.42. The molecule has 0 aliphatic carbocycles. The van der Waals surface area contributed by atoms with Gasteiger partial charge in [0.2, 0.25) is 11.7 Å². The van der Waals surface area contributed by atoms with Gasteiger partial charge < -0.3 is 35.2 Å². The fraction of sp³-hybridized carbons (Fsp3) is 0.647. The molecule has 1 aliphatic heterocycles. The van der Waals surface area contributed by atoms with E-state index in [0.29, 0.717) is 13.0 Å². The average Bonchev–Trinajstić information content (AvgIpc) is 2.60. The Hall–Kier alpha value is -1.94. The molecule has 0 radical (unpaired) electrons. The van der Waals surface area contributed by atoms with Crippen LogP contribution in [0.4, 0.5) is 0 Å². The van der Waals surface area contributed by atoms with Gasteiger partial charge in [0.1, 0.15) is 18.3 Å². The highest BCUT2D eigenvalue weighted by Gasteiger charge is 2.44. The summed E-state index contributed by atoms with van der Waals surface area (Å²) in [7, 11) is 0. The highest BCUT2D eigenvalue weighted by Crippen LogP contribution is 2.25. The van der Waals surface area contributed by atoms with Crippen molar-refractivity contribution in [1.29, 1.82) is 0 Å². The standard InChI is InChI=1S/C17H27NO8/c1-3-4-5-6-7-25-12-8-13(17(23)24)26-16(14(12)18-10(2)20)15(22)11(21)9-19/h3,8,11-12,14-16,19,21-22H,1,4-7,9H2,2H3,(H,18,20)(H,23,24)/t11-,12+,14-,15-,16-/m1/s1. The monoisotopic (exact) mass is 373 g/mol. The number of allylic oxidation sites excluding steroid dienone is 1. The molecule has 0 saturated carbocycles. The predicted molar refractivity (Wildman–Crippen MR) is 91.1 cm³/mol. The summed E-state index contributed by atoms with van der Waals surface area (Å²) in [6, 6.07) is -0.939. The average molecular weight is 373 g/mol. The summed E-state index contributed by atoms with van der Waals surface area (Å²) in [6.07, 6.45) is -0.0639. The molecule has 0 unspecified atom stereocenters. The smallest absolute Gasteiger partial charge is 0.370 e. The molecule has 0 spiro atoms. The number of amides is 1. The predicted octanol–water partition coefficient (Wildman–Crippen LogP) is -0.686. The van der Waals surface area contributed by atoms with Crippen molar-refractivity contribution in [3.63, 3.8) is 0 Å². The van der Waals surface area contributed by atoms with Crippen molar-refractivity contribution in [1.82, 2.24) is 5.32 Å². The normalized spacial score (nSPS) is 24.8. The molecule has 148 valence electrons. The van der Waals surface area contributed by atoms with Gasteiger partial charge in [-0.1, -0.05) is 6.08 Å². The SMILES string of the molecule is C=CCCCCO[C@H]1C=C(C(=O)O)O[C@@H]([C@H](O)[C@H](O)CO)[C@@H]1NC(C)=O. The number of aliphatic carboxylic acids is 1. The van der Waals surface area contributed by atoms with Crippen molar-refractivity contribution in [2.24, 2.45) is 0 Å². The third-order valence-electron chi connectivity index (χ3n) is 3.90. The van der Waals surface area contributed by atoms with Crippen LogP contribution in [0.1, 0.15) is 26.2 Å². The summed E-state index contributed by atoms with van der Waals surface area (Å²) in [5.41, 5.74) is 0. The highest BCUT2D eigenvalue weighted by molar-refractivity contribution is 5.84. The lowest BCUT2D eigenvalue weighted by Crippen LogP contribution is -2.60. The topological polar surface area (TPSA) is 146 Å². The first-order valence-corrected chi connectivity index (χ1v) is 8.40. The molecule has 0 aromatic heterocycles. The summed E-state index contributed by atoms with van der Waals surface area (Å²) in [5, 5.41) is 40.7. The van der Waals surface area contributed by atoms with E-state index in [0.717, 1.165) is 12.8 Å². The molecule has 5 atom stereocenters. The number of aliphatic hydroxyl groups excluding tert-OH is 3. The molecule has 0 aromatic carbocycles. The number of unbranched alkanes of at least 4 members (excludes halogenated alkanes) is 2. The Morgan fingerprint density at radius 1 is 1.42 bits per heavy atom. The van der Waals surface area contributed by atoms with Gasteiger partial charge in [-0.15, -0.1) is 6.58 Å². The zero-order valence-electron chi connectivity index (χ0n) is 14.7. The lowest BCUT2D eigenvalue weighted by Gasteiger charge is -2.39. The van der Waals surface area contributed by atoms with Crippen LogP contribution in [0.15, 0.2) is 24.5 Å². The lowest BCUT2D eigenvalue weighted by atomic mass is 9.93. The second-order valence-electron chi connectivity index (χ2n) is 6.01. The first kappa shape index (κ1) is 22.1. The number of hydrogen-bond donors (Lipinski definition) is 5. The van der Waals surface area contributed by atoms with Crippen LogP contribution in [0.25, 0.3) is 0 Å². The first-order chi connectivity index (χ1) is 12.3. The van der Waals surface area contributed by atoms with Crippen molar-refractivity contribution in [2.75, 3.05) is 13.2 Å². The van der Waals surface area contributed by atoms with Crippen LogP contribution in [-0.2, 0) is 19.1 Å². The molecule has 26 heavy (non-hydrogen) atoms. The van der Waals surface area contributed by atoms with Crippen molar-refractivity contribution in [3.05, 3.63) is 24.5 Å². The van der Waals surface area contributed by atoms with E-state index in [1.165, 1.54) is 13.0 Å². The van der Waals surface area contributed by atoms with Crippen LogP contribution in [0, 0.1) is 0 Å². The van der Waals surface area contributed by atoms with E-state index in [4.69, 9.17) is 14.6 Å². The third-order valence-corrected chi connectivity index (χ3v) is 3.90. The summed E-state index contributed by atoms with van der Waals surface area (Å²) < 4.78 is 10.9.